The summed E-state index contributed by atoms with van der Waals surface area (Å²) in [6, 6.07) is 1.76. The van der Waals surface area contributed by atoms with E-state index < -0.39 is 0 Å². The Bertz CT molecular complexity index is 600. The molecule has 2 aromatic heterocycles. The number of carbonyl (C=O) groups excluding carboxylic acids is 1. The summed E-state index contributed by atoms with van der Waals surface area (Å²) in [5.74, 6) is 0.371. The molecule has 0 radical (unpaired) electrons. The van der Waals surface area contributed by atoms with Gasteiger partial charge in [-0.15, -0.1) is 0 Å². The lowest BCUT2D eigenvalue weighted by molar-refractivity contribution is 0.0784. The van der Waals surface area contributed by atoms with Crippen molar-refractivity contribution in [2.45, 2.75) is 19.3 Å². The lowest BCUT2D eigenvalue weighted by atomic mass is 10.0. The Morgan fingerprint density at radius 2 is 2.37 bits per heavy atom. The topological polar surface area (TPSA) is 66.8 Å². The quantitative estimate of drug-likeness (QED) is 0.877. The van der Waals surface area contributed by atoms with E-state index in [1.54, 1.807) is 16.9 Å². The summed E-state index contributed by atoms with van der Waals surface area (Å²) >= 11 is 0. The average molecular weight is 259 g/mol. The van der Waals surface area contributed by atoms with E-state index in [0.29, 0.717) is 11.6 Å². The van der Waals surface area contributed by atoms with Gasteiger partial charge in [0.1, 0.15) is 5.69 Å². The molecule has 3 heterocycles. The molecule has 0 aliphatic carbocycles. The fourth-order valence-corrected chi connectivity index (χ4v) is 2.64. The van der Waals surface area contributed by atoms with Crippen molar-refractivity contribution < 1.29 is 4.79 Å². The third-order valence-corrected chi connectivity index (χ3v) is 3.68. The molecule has 1 atom stereocenters. The van der Waals surface area contributed by atoms with Gasteiger partial charge in [0, 0.05) is 37.9 Å². The largest absolute Gasteiger partial charge is 0.337 e. The zero-order valence-electron chi connectivity index (χ0n) is 11.1. The molecule has 2 aromatic rings. The second kappa shape index (κ2) is 4.53. The summed E-state index contributed by atoms with van der Waals surface area (Å²) in [6.07, 6.45) is 4.60. The molecule has 0 spiro atoms. The maximum absolute atomic E-state index is 12.3. The Labute approximate surface area is 111 Å². The molecule has 3 rings (SSSR count). The molecule has 1 N–H and O–H groups in total. The molecule has 1 aliphatic heterocycles. The predicted molar refractivity (Wildman–Crippen MR) is 69.8 cm³/mol. The number of aromatic nitrogens is 4. The first-order valence-electron chi connectivity index (χ1n) is 6.44. The van der Waals surface area contributed by atoms with Crippen LogP contribution in [-0.2, 0) is 7.05 Å². The van der Waals surface area contributed by atoms with Gasteiger partial charge in [0.05, 0.1) is 6.20 Å². The van der Waals surface area contributed by atoms with Crippen LogP contribution in [0.25, 0.3) is 0 Å². The number of hydrogen-bond acceptors (Lipinski definition) is 3. The van der Waals surface area contributed by atoms with Crippen LogP contribution >= 0.6 is 0 Å². The van der Waals surface area contributed by atoms with Crippen molar-refractivity contribution in [2.24, 2.45) is 7.05 Å². The summed E-state index contributed by atoms with van der Waals surface area (Å²) in [7, 11) is 1.82. The highest BCUT2D eigenvalue weighted by Crippen LogP contribution is 2.28. The van der Waals surface area contributed by atoms with Crippen LogP contribution in [0.4, 0.5) is 0 Å². The van der Waals surface area contributed by atoms with Gasteiger partial charge in [0.15, 0.2) is 0 Å². The number of nitrogens with zero attached hydrogens (tertiary/aromatic N) is 4. The third kappa shape index (κ3) is 2.14. The molecule has 0 bridgehead atoms. The van der Waals surface area contributed by atoms with Gasteiger partial charge in [-0.3, -0.25) is 14.6 Å². The van der Waals surface area contributed by atoms with E-state index in [4.69, 9.17) is 0 Å². The molecule has 1 amide bonds. The molecular weight excluding hydrogens is 242 g/mol. The smallest absolute Gasteiger partial charge is 0.274 e. The minimum atomic E-state index is 0.0141. The lowest BCUT2D eigenvalue weighted by Gasteiger charge is -2.15. The fourth-order valence-electron chi connectivity index (χ4n) is 2.64. The van der Waals surface area contributed by atoms with Crippen molar-refractivity contribution in [3.63, 3.8) is 0 Å². The zero-order chi connectivity index (χ0) is 13.4. The maximum atomic E-state index is 12.3. The summed E-state index contributed by atoms with van der Waals surface area (Å²) in [6.45, 7) is 3.55. The molecule has 1 aliphatic rings. The van der Waals surface area contributed by atoms with E-state index in [0.717, 1.165) is 30.8 Å². The second-order valence-electron chi connectivity index (χ2n) is 5.08. The minimum absolute atomic E-state index is 0.0141. The van der Waals surface area contributed by atoms with Crippen molar-refractivity contribution in [3.05, 3.63) is 35.4 Å². The van der Waals surface area contributed by atoms with E-state index in [-0.39, 0.29) is 5.91 Å². The highest BCUT2D eigenvalue weighted by molar-refractivity contribution is 5.92. The van der Waals surface area contributed by atoms with Gasteiger partial charge >= 0.3 is 0 Å². The predicted octanol–water partition coefficient (Wildman–Crippen LogP) is 1.08. The van der Waals surface area contributed by atoms with Crippen LogP contribution < -0.4 is 0 Å². The van der Waals surface area contributed by atoms with Gasteiger partial charge in [-0.2, -0.15) is 10.2 Å². The van der Waals surface area contributed by atoms with Crippen molar-refractivity contribution in [3.8, 4) is 0 Å². The number of H-pyrrole nitrogens is 1. The van der Waals surface area contributed by atoms with Gasteiger partial charge in [0.2, 0.25) is 0 Å². The first-order chi connectivity index (χ1) is 9.15. The second-order valence-corrected chi connectivity index (χ2v) is 5.08. The number of hydrogen-bond donors (Lipinski definition) is 1. The highest BCUT2D eigenvalue weighted by Gasteiger charge is 2.30. The normalized spacial score (nSPS) is 19.1. The molecule has 100 valence electrons. The number of aromatic amines is 1. The van der Waals surface area contributed by atoms with E-state index in [2.05, 4.69) is 15.3 Å². The minimum Gasteiger partial charge on any atom is -0.337 e. The van der Waals surface area contributed by atoms with Crippen molar-refractivity contribution in [2.75, 3.05) is 13.1 Å². The van der Waals surface area contributed by atoms with Crippen molar-refractivity contribution in [1.82, 2.24) is 24.9 Å². The lowest BCUT2D eigenvalue weighted by Crippen LogP contribution is -2.29. The van der Waals surface area contributed by atoms with Crippen LogP contribution in [0.15, 0.2) is 18.5 Å². The van der Waals surface area contributed by atoms with E-state index in [9.17, 15) is 4.79 Å². The SMILES string of the molecule is Cc1cn[nH]c1[C@@H]1CCN(C(=O)c2ccn(C)n2)C1. The summed E-state index contributed by atoms with van der Waals surface area (Å²) in [5, 5.41) is 11.3. The number of nitrogens with one attached hydrogen (secondary N) is 1. The van der Waals surface area contributed by atoms with E-state index in [1.807, 2.05) is 25.1 Å². The van der Waals surface area contributed by atoms with Gasteiger partial charge in [-0.25, -0.2) is 0 Å². The molecule has 1 fully saturated rings. The van der Waals surface area contributed by atoms with Crippen LogP contribution in [0.1, 0.15) is 34.1 Å². The Morgan fingerprint density at radius 1 is 1.53 bits per heavy atom. The third-order valence-electron chi connectivity index (χ3n) is 3.68. The molecule has 0 unspecified atom stereocenters. The number of aryl methyl sites for hydroxylation is 2. The zero-order valence-corrected chi connectivity index (χ0v) is 11.1. The first kappa shape index (κ1) is 12.0. The van der Waals surface area contributed by atoms with E-state index in [1.165, 1.54) is 0 Å². The van der Waals surface area contributed by atoms with Crippen LogP contribution in [-0.4, -0.2) is 43.9 Å². The fraction of sp³-hybridized carbons (Fsp3) is 0.462. The number of likely N-dealkylation sites (tertiary alicyclic amines) is 1. The molecule has 0 saturated carbocycles. The van der Waals surface area contributed by atoms with Gasteiger partial charge < -0.3 is 4.90 Å². The summed E-state index contributed by atoms with van der Waals surface area (Å²) in [4.78, 5) is 14.2. The molecule has 6 nitrogen and oxygen atoms in total. The van der Waals surface area contributed by atoms with Crippen molar-refractivity contribution >= 4 is 5.91 Å². The van der Waals surface area contributed by atoms with Crippen LogP contribution in [0.2, 0.25) is 0 Å². The monoisotopic (exact) mass is 259 g/mol. The number of rotatable bonds is 2. The van der Waals surface area contributed by atoms with Gasteiger partial charge in [-0.05, 0) is 25.0 Å². The molecule has 0 aromatic carbocycles. The Balaban J connectivity index is 1.72. The Hall–Kier alpha value is -2.11. The van der Waals surface area contributed by atoms with Crippen LogP contribution in [0.3, 0.4) is 0 Å². The highest BCUT2D eigenvalue weighted by atomic mass is 16.2. The summed E-state index contributed by atoms with van der Waals surface area (Å²) < 4.78 is 1.65. The van der Waals surface area contributed by atoms with Crippen molar-refractivity contribution in [1.29, 1.82) is 0 Å². The Kier molecular flexibility index (Phi) is 2.85. The molecule has 1 saturated heterocycles. The summed E-state index contributed by atoms with van der Waals surface area (Å²) in [5.41, 5.74) is 2.83. The number of amides is 1. The molecule has 19 heavy (non-hydrogen) atoms. The van der Waals surface area contributed by atoms with E-state index >= 15 is 0 Å². The van der Waals surface area contributed by atoms with Crippen LogP contribution in [0, 0.1) is 6.92 Å². The number of carbonyl (C=O) groups is 1. The first-order valence-corrected chi connectivity index (χ1v) is 6.44. The Morgan fingerprint density at radius 3 is 3.00 bits per heavy atom. The molecule has 6 heteroatoms. The van der Waals surface area contributed by atoms with Gasteiger partial charge in [-0.1, -0.05) is 0 Å². The maximum Gasteiger partial charge on any atom is 0.274 e. The van der Waals surface area contributed by atoms with Gasteiger partial charge in [0.25, 0.3) is 5.91 Å². The standard InChI is InChI=1S/C13H17N5O/c1-9-7-14-15-12(9)10-3-6-18(8-10)13(19)11-4-5-17(2)16-11/h4-5,7,10H,3,6,8H2,1-2H3,(H,14,15)/t10-/m1/s1. The molecular formula is C13H17N5O. The average Bonchev–Trinajstić information content (AvgIpc) is 3.08. The van der Waals surface area contributed by atoms with Crippen LogP contribution in [0.5, 0.6) is 0 Å².